The third-order valence-corrected chi connectivity index (χ3v) is 4.05. The molecule has 2 heterocycles. The molecule has 144 valence electrons. The second kappa shape index (κ2) is 9.28. The van der Waals surface area contributed by atoms with Crippen LogP contribution in [0.3, 0.4) is 0 Å². The molecule has 0 aliphatic carbocycles. The summed E-state index contributed by atoms with van der Waals surface area (Å²) in [7, 11) is 4.83. The molecule has 8 nitrogen and oxygen atoms in total. The van der Waals surface area contributed by atoms with Crippen molar-refractivity contribution in [2.75, 3.05) is 20.7 Å². The first kappa shape index (κ1) is 20.6. The van der Waals surface area contributed by atoms with Gasteiger partial charge in [0.25, 0.3) is 5.91 Å². The zero-order valence-electron chi connectivity index (χ0n) is 16.4. The number of imidazole rings is 1. The highest BCUT2D eigenvalue weighted by Gasteiger charge is 2.22. The third-order valence-electron chi connectivity index (χ3n) is 4.05. The van der Waals surface area contributed by atoms with E-state index in [1.54, 1.807) is 54.2 Å². The fourth-order valence-corrected chi connectivity index (χ4v) is 2.73. The zero-order chi connectivity index (χ0) is 20.7. The number of hydrogen-bond acceptors (Lipinski definition) is 6. The van der Waals surface area contributed by atoms with Gasteiger partial charge in [-0.25, -0.2) is 9.97 Å². The summed E-state index contributed by atoms with van der Waals surface area (Å²) in [5, 5.41) is 9.27. The van der Waals surface area contributed by atoms with Gasteiger partial charge in [0.15, 0.2) is 0 Å². The van der Waals surface area contributed by atoms with Crippen molar-refractivity contribution >= 4 is 12.1 Å². The highest BCUT2D eigenvalue weighted by molar-refractivity contribution is 5.98. The van der Waals surface area contributed by atoms with Crippen molar-refractivity contribution in [3.8, 4) is 23.3 Å². The molecule has 0 saturated carbocycles. The summed E-state index contributed by atoms with van der Waals surface area (Å²) >= 11 is 0. The molecule has 0 N–H and O–H groups in total. The smallest absolute Gasteiger partial charge is 0.276 e. The van der Waals surface area contributed by atoms with Crippen LogP contribution in [0.1, 0.15) is 23.0 Å². The Morgan fingerprint density at radius 2 is 2.21 bits per heavy atom. The van der Waals surface area contributed by atoms with Gasteiger partial charge in [-0.15, -0.1) is 0 Å². The van der Waals surface area contributed by atoms with Gasteiger partial charge in [0.2, 0.25) is 5.88 Å². The number of carbonyl (C=O) groups is 1. The molecule has 8 heteroatoms. The normalized spacial score (nSPS) is 11.3. The molecule has 0 aliphatic heterocycles. The molecule has 0 fully saturated rings. The number of methoxy groups -OCH3 is 1. The summed E-state index contributed by atoms with van der Waals surface area (Å²) in [5.41, 5.74) is 1.93. The molecule has 0 saturated heterocycles. The largest absolute Gasteiger partial charge is 0.480 e. The summed E-state index contributed by atoms with van der Waals surface area (Å²) in [5.74, 6) is 0.537. The molecule has 0 aromatic carbocycles. The van der Waals surface area contributed by atoms with Crippen LogP contribution in [-0.2, 0) is 7.05 Å². The lowest BCUT2D eigenvalue weighted by atomic mass is 10.2. The van der Waals surface area contributed by atoms with E-state index in [4.69, 9.17) is 4.74 Å². The van der Waals surface area contributed by atoms with E-state index in [1.807, 2.05) is 13.0 Å². The molecule has 0 radical (unpaired) electrons. The molecule has 2 aromatic heterocycles. The summed E-state index contributed by atoms with van der Waals surface area (Å²) in [6.07, 6.45) is 7.99. The van der Waals surface area contributed by atoms with Crippen LogP contribution < -0.4 is 4.74 Å². The van der Waals surface area contributed by atoms with E-state index in [-0.39, 0.29) is 11.8 Å². The van der Waals surface area contributed by atoms with Crippen molar-refractivity contribution in [1.82, 2.24) is 19.4 Å². The van der Waals surface area contributed by atoms with E-state index >= 15 is 0 Å². The first-order chi connectivity index (χ1) is 13.5. The van der Waals surface area contributed by atoms with Crippen LogP contribution in [0.25, 0.3) is 11.4 Å². The van der Waals surface area contributed by atoms with Gasteiger partial charge in [-0.3, -0.25) is 9.79 Å². The lowest BCUT2D eigenvalue weighted by Crippen LogP contribution is -2.32. The van der Waals surface area contributed by atoms with Crippen molar-refractivity contribution in [3.63, 3.8) is 0 Å². The molecular formula is C20H22N6O2. The maximum Gasteiger partial charge on any atom is 0.276 e. The van der Waals surface area contributed by atoms with Gasteiger partial charge in [0.1, 0.15) is 23.2 Å². The fraction of sp³-hybridized carbons (Fsp3) is 0.250. The van der Waals surface area contributed by atoms with E-state index in [1.165, 1.54) is 13.3 Å². The van der Waals surface area contributed by atoms with Gasteiger partial charge < -0.3 is 14.2 Å². The first-order valence-electron chi connectivity index (χ1n) is 8.55. The lowest BCUT2D eigenvalue weighted by molar-refractivity contribution is 0.0812. The Morgan fingerprint density at radius 1 is 1.46 bits per heavy atom. The predicted molar refractivity (Wildman–Crippen MR) is 107 cm³/mol. The number of ether oxygens (including phenoxy) is 1. The number of allylic oxidation sites excluding steroid dienone is 3. The molecule has 0 bridgehead atoms. The van der Waals surface area contributed by atoms with Gasteiger partial charge in [0, 0.05) is 38.6 Å². The quantitative estimate of drug-likeness (QED) is 0.545. The minimum Gasteiger partial charge on any atom is -0.480 e. The molecule has 28 heavy (non-hydrogen) atoms. The molecule has 0 aliphatic rings. The molecule has 2 aromatic rings. The molecule has 0 unspecified atom stereocenters. The lowest BCUT2D eigenvalue weighted by Gasteiger charge is -2.21. The molecule has 2 rings (SSSR count). The molecule has 0 atom stereocenters. The number of aliphatic imine (C=N–C) groups is 1. The van der Waals surface area contributed by atoms with E-state index in [9.17, 15) is 10.1 Å². The van der Waals surface area contributed by atoms with Gasteiger partial charge in [-0.2, -0.15) is 5.26 Å². The number of amides is 1. The molecule has 0 spiro atoms. The average Bonchev–Trinajstić information content (AvgIpc) is 3.09. The Kier molecular flexibility index (Phi) is 6.82. The summed E-state index contributed by atoms with van der Waals surface area (Å²) in [4.78, 5) is 27.2. The second-order valence-electron chi connectivity index (χ2n) is 5.68. The van der Waals surface area contributed by atoms with E-state index in [2.05, 4.69) is 21.5 Å². The predicted octanol–water partition coefficient (Wildman–Crippen LogP) is 2.59. The van der Waals surface area contributed by atoms with Gasteiger partial charge in [0.05, 0.1) is 19.0 Å². The highest BCUT2D eigenvalue weighted by atomic mass is 16.5. The van der Waals surface area contributed by atoms with Crippen LogP contribution in [0.2, 0.25) is 0 Å². The van der Waals surface area contributed by atoms with Crippen LogP contribution >= 0.6 is 0 Å². The number of hydrogen-bond donors (Lipinski definition) is 0. The van der Waals surface area contributed by atoms with Crippen LogP contribution in [0.4, 0.5) is 0 Å². The number of pyridine rings is 1. The number of nitriles is 1. The Balaban J connectivity index is 2.47. The van der Waals surface area contributed by atoms with Gasteiger partial charge in [-0.05, 0) is 19.1 Å². The minimum atomic E-state index is -0.223. The first-order valence-corrected chi connectivity index (χ1v) is 8.55. The van der Waals surface area contributed by atoms with Crippen molar-refractivity contribution < 1.29 is 9.53 Å². The molecular weight excluding hydrogens is 356 g/mol. The average molecular weight is 378 g/mol. The maximum atomic E-state index is 13.1. The number of rotatable bonds is 7. The Bertz CT molecular complexity index is 981. The summed E-state index contributed by atoms with van der Waals surface area (Å²) < 4.78 is 6.74. The SMILES string of the molecule is C=C/C=C(\C=NC)N(CC)C(=O)c1cnc(-c2cnc(OC)c(C#N)c2)n1C. The highest BCUT2D eigenvalue weighted by Crippen LogP contribution is 2.24. The number of nitrogens with zero attached hydrogens (tertiary/aromatic N) is 6. The fourth-order valence-electron chi connectivity index (χ4n) is 2.73. The summed E-state index contributed by atoms with van der Waals surface area (Å²) in [6.45, 7) is 6.02. The minimum absolute atomic E-state index is 0.223. The monoisotopic (exact) mass is 378 g/mol. The van der Waals surface area contributed by atoms with Crippen molar-refractivity contribution in [2.45, 2.75) is 6.92 Å². The van der Waals surface area contributed by atoms with Crippen LogP contribution in [0, 0.1) is 11.3 Å². The van der Waals surface area contributed by atoms with Crippen LogP contribution in [0.5, 0.6) is 5.88 Å². The van der Waals surface area contributed by atoms with E-state index < -0.39 is 0 Å². The van der Waals surface area contributed by atoms with Crippen molar-refractivity contribution in [3.05, 3.63) is 54.1 Å². The zero-order valence-corrected chi connectivity index (χ0v) is 16.4. The third kappa shape index (κ3) is 3.99. The number of carbonyl (C=O) groups excluding carboxylic acids is 1. The Morgan fingerprint density at radius 3 is 2.79 bits per heavy atom. The topological polar surface area (TPSA) is 96.4 Å². The standard InChI is InChI=1S/C20H22N6O2/c1-6-8-16(12-22-3)26(7-2)20(27)17-13-23-18(25(17)4)15-9-14(10-21)19(28-5)24-11-15/h6,8-9,11-13H,1,7H2,2-5H3/b16-8+,22-12?. The van der Waals surface area contributed by atoms with E-state index in [0.29, 0.717) is 34.9 Å². The summed E-state index contributed by atoms with van der Waals surface area (Å²) in [6, 6.07) is 3.68. The van der Waals surface area contributed by atoms with Gasteiger partial charge >= 0.3 is 0 Å². The second-order valence-corrected chi connectivity index (χ2v) is 5.68. The van der Waals surface area contributed by atoms with E-state index in [0.717, 1.165) is 0 Å². The van der Waals surface area contributed by atoms with Crippen LogP contribution in [0.15, 0.2) is 47.9 Å². The van der Waals surface area contributed by atoms with Crippen molar-refractivity contribution in [1.29, 1.82) is 5.26 Å². The Hall–Kier alpha value is -3.73. The molecule has 1 amide bonds. The van der Waals surface area contributed by atoms with Crippen molar-refractivity contribution in [2.24, 2.45) is 12.0 Å². The Labute approximate surface area is 164 Å². The van der Waals surface area contributed by atoms with Gasteiger partial charge in [-0.1, -0.05) is 12.7 Å². The van der Waals surface area contributed by atoms with Crippen LogP contribution in [-0.4, -0.2) is 52.3 Å². The maximum absolute atomic E-state index is 13.1. The number of aromatic nitrogens is 3.